The number of hydrogen-bond acceptors (Lipinski definition) is 3. The molecule has 1 amide bonds. The zero-order chi connectivity index (χ0) is 16.2. The molecule has 2 aromatic heterocycles. The van der Waals surface area contributed by atoms with Crippen LogP contribution in [-0.2, 0) is 6.54 Å². The SMILES string of the molecule is CC(=O)c1c[nH]c(C(=O)NCc2ccc(-c3ccn[nH]3)cc2)c1. The van der Waals surface area contributed by atoms with E-state index in [4.69, 9.17) is 0 Å². The van der Waals surface area contributed by atoms with Gasteiger partial charge in [-0.3, -0.25) is 14.7 Å². The molecule has 6 heteroatoms. The standard InChI is InChI=1S/C17H16N4O2/c1-11(22)14-8-16(18-10-14)17(23)19-9-12-2-4-13(5-3-12)15-6-7-20-21-15/h2-8,10,18H,9H2,1H3,(H,19,23)(H,20,21). The number of aromatic nitrogens is 3. The Kier molecular flexibility index (Phi) is 4.05. The number of aromatic amines is 2. The van der Waals surface area contributed by atoms with Crippen molar-refractivity contribution in [2.75, 3.05) is 0 Å². The second-order valence-electron chi connectivity index (χ2n) is 5.21. The largest absolute Gasteiger partial charge is 0.356 e. The van der Waals surface area contributed by atoms with Gasteiger partial charge in [-0.25, -0.2) is 0 Å². The number of Topliss-reactive ketones (excluding diaryl/α,β-unsaturated/α-hetero) is 1. The van der Waals surface area contributed by atoms with Gasteiger partial charge in [-0.05, 0) is 30.2 Å². The molecule has 0 aliphatic carbocycles. The van der Waals surface area contributed by atoms with Crippen LogP contribution in [0.3, 0.4) is 0 Å². The first-order valence-electron chi connectivity index (χ1n) is 7.20. The molecule has 0 saturated heterocycles. The molecule has 3 rings (SSSR count). The lowest BCUT2D eigenvalue weighted by Gasteiger charge is -2.05. The highest BCUT2D eigenvalue weighted by molar-refractivity contribution is 5.99. The molecule has 3 N–H and O–H groups in total. The van der Waals surface area contributed by atoms with Crippen LogP contribution in [0.5, 0.6) is 0 Å². The van der Waals surface area contributed by atoms with Crippen molar-refractivity contribution >= 4 is 11.7 Å². The Labute approximate surface area is 132 Å². The lowest BCUT2D eigenvalue weighted by Crippen LogP contribution is -2.23. The van der Waals surface area contributed by atoms with Crippen molar-refractivity contribution in [2.45, 2.75) is 13.5 Å². The minimum absolute atomic E-state index is 0.0744. The number of amides is 1. The average molecular weight is 308 g/mol. The van der Waals surface area contributed by atoms with Gasteiger partial charge in [0.05, 0.1) is 5.69 Å². The summed E-state index contributed by atoms with van der Waals surface area (Å²) in [6, 6.07) is 11.3. The Morgan fingerprint density at radius 1 is 1.17 bits per heavy atom. The molecule has 1 aromatic carbocycles. The number of nitrogens with zero attached hydrogens (tertiary/aromatic N) is 1. The Morgan fingerprint density at radius 3 is 2.57 bits per heavy atom. The third-order valence-electron chi connectivity index (χ3n) is 3.55. The van der Waals surface area contributed by atoms with Crippen molar-refractivity contribution in [3.8, 4) is 11.3 Å². The van der Waals surface area contributed by atoms with Gasteiger partial charge in [0.15, 0.2) is 5.78 Å². The molecule has 0 spiro atoms. The number of hydrogen-bond donors (Lipinski definition) is 3. The predicted molar refractivity (Wildman–Crippen MR) is 86.0 cm³/mol. The van der Waals surface area contributed by atoms with E-state index in [0.29, 0.717) is 17.8 Å². The first kappa shape index (κ1) is 14.8. The Balaban J connectivity index is 1.61. The lowest BCUT2D eigenvalue weighted by molar-refractivity contribution is 0.0946. The maximum absolute atomic E-state index is 12.0. The maximum Gasteiger partial charge on any atom is 0.267 e. The Bertz CT molecular complexity index is 817. The van der Waals surface area contributed by atoms with Crippen LogP contribution in [0, 0.1) is 0 Å². The Hall–Kier alpha value is -3.15. The number of benzene rings is 1. The molecule has 0 saturated carbocycles. The first-order chi connectivity index (χ1) is 11.1. The predicted octanol–water partition coefficient (Wildman–Crippen LogP) is 2.54. The molecule has 0 atom stereocenters. The molecule has 0 bridgehead atoms. The van der Waals surface area contributed by atoms with Crippen molar-refractivity contribution in [3.63, 3.8) is 0 Å². The summed E-state index contributed by atoms with van der Waals surface area (Å²) < 4.78 is 0. The quantitative estimate of drug-likeness (QED) is 0.633. The second kappa shape index (κ2) is 6.31. The van der Waals surface area contributed by atoms with Crippen molar-refractivity contribution in [1.82, 2.24) is 20.5 Å². The van der Waals surface area contributed by atoms with Crippen molar-refractivity contribution in [1.29, 1.82) is 0 Å². The maximum atomic E-state index is 12.0. The molecule has 116 valence electrons. The number of ketones is 1. The van der Waals surface area contributed by atoms with E-state index in [1.165, 1.54) is 13.1 Å². The van der Waals surface area contributed by atoms with E-state index in [9.17, 15) is 9.59 Å². The molecule has 2 heterocycles. The van der Waals surface area contributed by atoms with Crippen molar-refractivity contribution < 1.29 is 9.59 Å². The molecule has 0 unspecified atom stereocenters. The van der Waals surface area contributed by atoms with Crippen LogP contribution in [0.15, 0.2) is 48.8 Å². The molecular formula is C17H16N4O2. The molecule has 0 aliphatic rings. The third kappa shape index (κ3) is 3.37. The van der Waals surface area contributed by atoms with Gasteiger partial charge in [-0.1, -0.05) is 24.3 Å². The Morgan fingerprint density at radius 2 is 1.96 bits per heavy atom. The van der Waals surface area contributed by atoms with Crippen molar-refractivity contribution in [2.24, 2.45) is 0 Å². The molecule has 6 nitrogen and oxygen atoms in total. The van der Waals surface area contributed by atoms with E-state index < -0.39 is 0 Å². The third-order valence-corrected chi connectivity index (χ3v) is 3.55. The van der Waals surface area contributed by atoms with E-state index in [0.717, 1.165) is 16.8 Å². The summed E-state index contributed by atoms with van der Waals surface area (Å²) in [5.41, 5.74) is 3.85. The van der Waals surface area contributed by atoms with Gasteiger partial charge in [0.1, 0.15) is 5.69 Å². The lowest BCUT2D eigenvalue weighted by atomic mass is 10.1. The van der Waals surface area contributed by atoms with Crippen LogP contribution in [0.2, 0.25) is 0 Å². The fourth-order valence-corrected chi connectivity index (χ4v) is 2.23. The first-order valence-corrected chi connectivity index (χ1v) is 7.20. The fraction of sp³-hybridized carbons (Fsp3) is 0.118. The zero-order valence-electron chi connectivity index (χ0n) is 12.6. The molecular weight excluding hydrogens is 292 g/mol. The molecule has 3 aromatic rings. The smallest absolute Gasteiger partial charge is 0.267 e. The summed E-state index contributed by atoms with van der Waals surface area (Å²) in [7, 11) is 0. The number of carbonyl (C=O) groups is 2. The van der Waals surface area contributed by atoms with Gasteiger partial charge in [-0.15, -0.1) is 0 Å². The van der Waals surface area contributed by atoms with Gasteiger partial charge < -0.3 is 10.3 Å². The van der Waals surface area contributed by atoms with Gasteiger partial charge in [0.25, 0.3) is 5.91 Å². The van der Waals surface area contributed by atoms with E-state index >= 15 is 0 Å². The highest BCUT2D eigenvalue weighted by atomic mass is 16.2. The summed E-state index contributed by atoms with van der Waals surface area (Å²) in [6.45, 7) is 1.88. The molecule has 0 fully saturated rings. The number of H-pyrrole nitrogens is 2. The summed E-state index contributed by atoms with van der Waals surface area (Å²) >= 11 is 0. The van der Waals surface area contributed by atoms with E-state index in [1.807, 2.05) is 30.3 Å². The molecule has 0 aliphatic heterocycles. The zero-order valence-corrected chi connectivity index (χ0v) is 12.6. The summed E-state index contributed by atoms with van der Waals surface area (Å²) in [4.78, 5) is 26.1. The van der Waals surface area contributed by atoms with Gasteiger partial charge >= 0.3 is 0 Å². The number of rotatable bonds is 5. The topological polar surface area (TPSA) is 90.6 Å². The highest BCUT2D eigenvalue weighted by Crippen LogP contribution is 2.16. The minimum Gasteiger partial charge on any atom is -0.356 e. The van der Waals surface area contributed by atoms with Gasteiger partial charge in [0.2, 0.25) is 0 Å². The molecule has 23 heavy (non-hydrogen) atoms. The van der Waals surface area contributed by atoms with Crippen LogP contribution in [0.1, 0.15) is 33.3 Å². The fourth-order valence-electron chi connectivity index (χ4n) is 2.23. The second-order valence-corrected chi connectivity index (χ2v) is 5.21. The van der Waals surface area contributed by atoms with E-state index in [-0.39, 0.29) is 11.7 Å². The van der Waals surface area contributed by atoms with Crippen LogP contribution in [0.4, 0.5) is 0 Å². The normalized spacial score (nSPS) is 10.5. The highest BCUT2D eigenvalue weighted by Gasteiger charge is 2.10. The molecule has 0 radical (unpaired) electrons. The summed E-state index contributed by atoms with van der Waals surface area (Å²) in [6.07, 6.45) is 3.24. The van der Waals surface area contributed by atoms with Crippen LogP contribution in [0.25, 0.3) is 11.3 Å². The van der Waals surface area contributed by atoms with Crippen molar-refractivity contribution in [3.05, 3.63) is 65.6 Å². The number of carbonyl (C=O) groups excluding carboxylic acids is 2. The van der Waals surface area contributed by atoms with Crippen LogP contribution < -0.4 is 5.32 Å². The monoisotopic (exact) mass is 308 g/mol. The van der Waals surface area contributed by atoms with E-state index in [2.05, 4.69) is 20.5 Å². The van der Waals surface area contributed by atoms with Gasteiger partial charge in [0, 0.05) is 24.5 Å². The van der Waals surface area contributed by atoms with Crippen LogP contribution in [-0.4, -0.2) is 26.9 Å². The van der Waals surface area contributed by atoms with Crippen LogP contribution >= 0.6 is 0 Å². The van der Waals surface area contributed by atoms with Gasteiger partial charge in [-0.2, -0.15) is 5.10 Å². The minimum atomic E-state index is -0.241. The average Bonchev–Trinajstić information content (AvgIpc) is 3.24. The number of nitrogens with one attached hydrogen (secondary N) is 3. The summed E-state index contributed by atoms with van der Waals surface area (Å²) in [5, 5.41) is 9.64. The van der Waals surface area contributed by atoms with E-state index in [1.54, 1.807) is 12.3 Å². The summed E-state index contributed by atoms with van der Waals surface area (Å²) in [5.74, 6) is -0.315.